The van der Waals surface area contributed by atoms with Gasteiger partial charge in [0.05, 0.1) is 6.26 Å². The first-order valence-electron chi connectivity index (χ1n) is 7.57. The van der Waals surface area contributed by atoms with Gasteiger partial charge in [0.15, 0.2) is 0 Å². The second-order valence-corrected chi connectivity index (χ2v) is 5.49. The van der Waals surface area contributed by atoms with Crippen LogP contribution in [0.5, 0.6) is 0 Å². The maximum atomic E-state index is 12.0. The first-order chi connectivity index (χ1) is 11.1. The smallest absolute Gasteiger partial charge is 0.248 e. The predicted octanol–water partition coefficient (Wildman–Crippen LogP) is 3.37. The highest BCUT2D eigenvalue weighted by Crippen LogP contribution is 2.28. The fourth-order valence-corrected chi connectivity index (χ4v) is 2.61. The van der Waals surface area contributed by atoms with E-state index in [0.29, 0.717) is 17.9 Å². The first-order valence-corrected chi connectivity index (χ1v) is 7.57. The number of anilines is 2. The molecule has 1 N–H and O–H groups in total. The standard InChI is InChI=1S/C18H18N2O3/c1-13-6-7-14(12-16(13)20-10-2-5-18(20)22)19-17(21)9-8-15-4-3-11-23-15/h3-4,6-9,11-12H,2,5,10H2,1H3,(H,19,21)/b9-8+. The summed E-state index contributed by atoms with van der Waals surface area (Å²) < 4.78 is 5.14. The Morgan fingerprint density at radius 2 is 2.22 bits per heavy atom. The number of nitrogens with zero attached hydrogens (tertiary/aromatic N) is 1. The van der Waals surface area contributed by atoms with Crippen molar-refractivity contribution in [1.29, 1.82) is 0 Å². The Kier molecular flexibility index (Phi) is 4.28. The van der Waals surface area contributed by atoms with Gasteiger partial charge in [0.1, 0.15) is 5.76 Å². The molecule has 0 saturated carbocycles. The van der Waals surface area contributed by atoms with E-state index in [1.165, 1.54) is 6.08 Å². The number of furan rings is 1. The second kappa shape index (κ2) is 6.52. The lowest BCUT2D eigenvalue weighted by Gasteiger charge is -2.19. The summed E-state index contributed by atoms with van der Waals surface area (Å²) >= 11 is 0. The third-order valence-corrected chi connectivity index (χ3v) is 3.78. The van der Waals surface area contributed by atoms with Gasteiger partial charge in [-0.2, -0.15) is 0 Å². The summed E-state index contributed by atoms with van der Waals surface area (Å²) in [7, 11) is 0. The van der Waals surface area contributed by atoms with Crippen LogP contribution in [0.15, 0.2) is 47.1 Å². The van der Waals surface area contributed by atoms with Crippen molar-refractivity contribution in [3.8, 4) is 0 Å². The van der Waals surface area contributed by atoms with Crippen molar-refractivity contribution in [3.63, 3.8) is 0 Å². The summed E-state index contributed by atoms with van der Waals surface area (Å²) in [6.45, 7) is 2.69. The Labute approximate surface area is 134 Å². The molecule has 1 saturated heterocycles. The van der Waals surface area contributed by atoms with Gasteiger partial charge in [-0.3, -0.25) is 9.59 Å². The lowest BCUT2D eigenvalue weighted by atomic mass is 10.1. The van der Waals surface area contributed by atoms with E-state index in [1.807, 2.05) is 25.1 Å². The van der Waals surface area contributed by atoms with Crippen LogP contribution in [0.4, 0.5) is 11.4 Å². The molecule has 0 unspecified atom stereocenters. The van der Waals surface area contributed by atoms with Gasteiger partial charge in [0.2, 0.25) is 11.8 Å². The molecule has 0 radical (unpaired) electrons. The molecule has 1 fully saturated rings. The number of carbonyl (C=O) groups is 2. The summed E-state index contributed by atoms with van der Waals surface area (Å²) in [5, 5.41) is 2.80. The SMILES string of the molecule is Cc1ccc(NC(=O)/C=C/c2ccco2)cc1N1CCCC1=O. The molecule has 5 nitrogen and oxygen atoms in total. The van der Waals surface area contributed by atoms with E-state index in [-0.39, 0.29) is 11.8 Å². The van der Waals surface area contributed by atoms with Gasteiger partial charge < -0.3 is 14.6 Å². The highest BCUT2D eigenvalue weighted by molar-refractivity contribution is 6.03. The molecule has 1 aromatic heterocycles. The average molecular weight is 310 g/mol. The van der Waals surface area contributed by atoms with E-state index in [9.17, 15) is 9.59 Å². The molecule has 1 aliphatic rings. The monoisotopic (exact) mass is 310 g/mol. The Morgan fingerprint density at radius 1 is 1.35 bits per heavy atom. The number of hydrogen-bond donors (Lipinski definition) is 1. The number of benzene rings is 1. The van der Waals surface area contributed by atoms with Crippen LogP contribution in [-0.2, 0) is 9.59 Å². The highest BCUT2D eigenvalue weighted by Gasteiger charge is 2.23. The van der Waals surface area contributed by atoms with Crippen LogP contribution in [-0.4, -0.2) is 18.4 Å². The van der Waals surface area contributed by atoms with E-state index in [4.69, 9.17) is 4.42 Å². The average Bonchev–Trinajstić information content (AvgIpc) is 3.19. The summed E-state index contributed by atoms with van der Waals surface area (Å²) in [6, 6.07) is 9.12. The number of nitrogens with one attached hydrogen (secondary N) is 1. The van der Waals surface area contributed by atoms with Crippen LogP contribution in [0.3, 0.4) is 0 Å². The number of hydrogen-bond acceptors (Lipinski definition) is 3. The molecule has 0 spiro atoms. The van der Waals surface area contributed by atoms with Crippen LogP contribution in [0, 0.1) is 6.92 Å². The van der Waals surface area contributed by atoms with E-state index in [2.05, 4.69) is 5.32 Å². The van der Waals surface area contributed by atoms with Crippen molar-refractivity contribution in [2.24, 2.45) is 0 Å². The second-order valence-electron chi connectivity index (χ2n) is 5.49. The Balaban J connectivity index is 1.73. The maximum Gasteiger partial charge on any atom is 0.248 e. The van der Waals surface area contributed by atoms with Gasteiger partial charge in [-0.1, -0.05) is 6.07 Å². The van der Waals surface area contributed by atoms with E-state index in [0.717, 1.165) is 24.2 Å². The molecule has 0 aliphatic carbocycles. The quantitative estimate of drug-likeness (QED) is 0.881. The first kappa shape index (κ1) is 15.1. The molecule has 2 aromatic rings. The van der Waals surface area contributed by atoms with Crippen molar-refractivity contribution in [1.82, 2.24) is 0 Å². The third kappa shape index (κ3) is 3.51. The number of aryl methyl sites for hydroxylation is 1. The van der Waals surface area contributed by atoms with Crippen LogP contribution < -0.4 is 10.2 Å². The van der Waals surface area contributed by atoms with Crippen molar-refractivity contribution in [2.75, 3.05) is 16.8 Å². The van der Waals surface area contributed by atoms with E-state index >= 15 is 0 Å². The Hall–Kier alpha value is -2.82. The van der Waals surface area contributed by atoms with Gasteiger partial charge in [0.25, 0.3) is 0 Å². The summed E-state index contributed by atoms with van der Waals surface area (Å²) in [5.74, 6) is 0.505. The lowest BCUT2D eigenvalue weighted by Crippen LogP contribution is -2.24. The fraction of sp³-hybridized carbons (Fsp3) is 0.222. The third-order valence-electron chi connectivity index (χ3n) is 3.78. The van der Waals surface area contributed by atoms with E-state index in [1.54, 1.807) is 29.4 Å². The molecule has 1 aromatic carbocycles. The molecule has 3 rings (SSSR count). The number of amides is 2. The molecule has 2 heterocycles. The largest absolute Gasteiger partial charge is 0.465 e. The Morgan fingerprint density at radius 3 is 2.91 bits per heavy atom. The zero-order valence-electron chi connectivity index (χ0n) is 12.9. The van der Waals surface area contributed by atoms with Gasteiger partial charge in [0, 0.05) is 30.4 Å². The molecular formula is C18H18N2O3. The predicted molar refractivity (Wildman–Crippen MR) is 89.1 cm³/mol. The molecule has 1 aliphatic heterocycles. The Bertz CT molecular complexity index is 748. The van der Waals surface area contributed by atoms with Crippen LogP contribution in [0.25, 0.3) is 6.08 Å². The van der Waals surface area contributed by atoms with E-state index < -0.39 is 0 Å². The highest BCUT2D eigenvalue weighted by atomic mass is 16.3. The zero-order chi connectivity index (χ0) is 16.2. The van der Waals surface area contributed by atoms with Crippen LogP contribution in [0.1, 0.15) is 24.2 Å². The van der Waals surface area contributed by atoms with Gasteiger partial charge in [-0.15, -0.1) is 0 Å². The lowest BCUT2D eigenvalue weighted by molar-refractivity contribution is -0.117. The molecule has 5 heteroatoms. The summed E-state index contributed by atoms with van der Waals surface area (Å²) in [6.07, 6.45) is 6.04. The molecule has 0 bridgehead atoms. The summed E-state index contributed by atoms with van der Waals surface area (Å²) in [5.41, 5.74) is 2.55. The van der Waals surface area contributed by atoms with Crippen LogP contribution in [0.2, 0.25) is 0 Å². The van der Waals surface area contributed by atoms with Crippen molar-refractivity contribution < 1.29 is 14.0 Å². The minimum atomic E-state index is -0.246. The number of rotatable bonds is 4. The van der Waals surface area contributed by atoms with Gasteiger partial charge in [-0.05, 0) is 49.2 Å². The van der Waals surface area contributed by atoms with Crippen molar-refractivity contribution >= 4 is 29.3 Å². The molecular weight excluding hydrogens is 292 g/mol. The zero-order valence-corrected chi connectivity index (χ0v) is 12.9. The fourth-order valence-electron chi connectivity index (χ4n) is 2.61. The molecule has 118 valence electrons. The van der Waals surface area contributed by atoms with Crippen LogP contribution >= 0.6 is 0 Å². The number of carbonyl (C=O) groups excluding carboxylic acids is 2. The maximum absolute atomic E-state index is 12.0. The van der Waals surface area contributed by atoms with Crippen molar-refractivity contribution in [2.45, 2.75) is 19.8 Å². The molecule has 2 amide bonds. The minimum absolute atomic E-state index is 0.134. The normalized spacial score (nSPS) is 14.7. The summed E-state index contributed by atoms with van der Waals surface area (Å²) in [4.78, 5) is 25.7. The van der Waals surface area contributed by atoms with Gasteiger partial charge >= 0.3 is 0 Å². The minimum Gasteiger partial charge on any atom is -0.465 e. The topological polar surface area (TPSA) is 62.6 Å². The molecule has 0 atom stereocenters. The van der Waals surface area contributed by atoms with Gasteiger partial charge in [-0.25, -0.2) is 0 Å². The molecule has 23 heavy (non-hydrogen) atoms. The van der Waals surface area contributed by atoms with Crippen molar-refractivity contribution in [3.05, 3.63) is 54.0 Å².